The monoisotopic (exact) mass is 329 g/mol. The molecule has 0 bridgehead atoms. The van der Waals surface area contributed by atoms with Crippen LogP contribution in [0.15, 0.2) is 53.4 Å². The number of carbonyl (C=O) groups is 1. The minimum Gasteiger partial charge on any atom is -0.494 e. The van der Waals surface area contributed by atoms with Crippen LogP contribution >= 0.6 is 0 Å². The van der Waals surface area contributed by atoms with Crippen LogP contribution in [0.1, 0.15) is 18.4 Å². The molecule has 1 heterocycles. The first kappa shape index (κ1) is 15.7. The van der Waals surface area contributed by atoms with E-state index in [0.717, 1.165) is 34.7 Å². The van der Waals surface area contributed by atoms with Crippen molar-refractivity contribution >= 4 is 22.4 Å². The van der Waals surface area contributed by atoms with E-state index in [-0.39, 0.29) is 5.91 Å². The highest BCUT2D eigenvalue weighted by molar-refractivity contribution is 7.85. The molecule has 5 heteroatoms. The number of hydrogen-bond donors (Lipinski definition) is 1. The zero-order valence-corrected chi connectivity index (χ0v) is 13.6. The first-order valence-electron chi connectivity index (χ1n) is 7.71. The summed E-state index contributed by atoms with van der Waals surface area (Å²) in [7, 11) is -0.937. The Morgan fingerprint density at radius 2 is 1.91 bits per heavy atom. The predicted molar refractivity (Wildman–Crippen MR) is 91.2 cm³/mol. The quantitative estimate of drug-likeness (QED) is 0.794. The Balaban J connectivity index is 1.40. The highest BCUT2D eigenvalue weighted by atomic mass is 32.2. The van der Waals surface area contributed by atoms with Crippen molar-refractivity contribution in [3.63, 3.8) is 0 Å². The highest BCUT2D eigenvalue weighted by Crippen LogP contribution is 2.27. The summed E-state index contributed by atoms with van der Waals surface area (Å²) in [5.74, 6) is 1.46. The maximum atomic E-state index is 12.1. The van der Waals surface area contributed by atoms with E-state index in [9.17, 15) is 9.00 Å². The fourth-order valence-electron chi connectivity index (χ4n) is 2.51. The Bertz CT molecular complexity index is 715. The largest absolute Gasteiger partial charge is 0.494 e. The van der Waals surface area contributed by atoms with Crippen molar-refractivity contribution in [1.82, 2.24) is 0 Å². The summed E-state index contributed by atoms with van der Waals surface area (Å²) in [6.45, 7) is 0.589. The zero-order valence-electron chi connectivity index (χ0n) is 12.8. The van der Waals surface area contributed by atoms with Gasteiger partial charge in [-0.3, -0.25) is 9.00 Å². The van der Waals surface area contributed by atoms with Crippen molar-refractivity contribution in [2.45, 2.75) is 24.2 Å². The number of fused-ring (bicyclic) bond motifs is 1. The van der Waals surface area contributed by atoms with Gasteiger partial charge in [0.1, 0.15) is 5.75 Å². The van der Waals surface area contributed by atoms with Crippen LogP contribution in [0.25, 0.3) is 0 Å². The second kappa shape index (κ2) is 7.42. The summed E-state index contributed by atoms with van der Waals surface area (Å²) in [4.78, 5) is 12.2. The summed E-state index contributed by atoms with van der Waals surface area (Å²) in [6, 6.07) is 15.2. The van der Waals surface area contributed by atoms with E-state index in [4.69, 9.17) is 4.74 Å². The van der Waals surface area contributed by atoms with E-state index < -0.39 is 10.8 Å². The molecule has 0 saturated heterocycles. The second-order valence-electron chi connectivity index (χ2n) is 5.46. The highest BCUT2D eigenvalue weighted by Gasteiger charge is 2.17. The molecule has 1 amide bonds. The van der Waals surface area contributed by atoms with Gasteiger partial charge in [0.15, 0.2) is 0 Å². The van der Waals surface area contributed by atoms with Gasteiger partial charge in [0.2, 0.25) is 5.91 Å². The van der Waals surface area contributed by atoms with Crippen molar-refractivity contribution in [1.29, 1.82) is 0 Å². The fourth-order valence-corrected chi connectivity index (χ4v) is 3.67. The Hall–Kier alpha value is -2.14. The number of amides is 1. The lowest BCUT2D eigenvalue weighted by atomic mass is 10.1. The molecule has 1 aliphatic rings. The number of carbonyl (C=O) groups excluding carboxylic acids is 1. The minimum atomic E-state index is -0.937. The Morgan fingerprint density at radius 3 is 2.74 bits per heavy atom. The Labute approximate surface area is 138 Å². The SMILES string of the molecule is O=C1Cc2cc(OCCCCS(=O)c3ccccc3)ccc2N1. The summed E-state index contributed by atoms with van der Waals surface area (Å²) >= 11 is 0. The molecular weight excluding hydrogens is 310 g/mol. The van der Waals surface area contributed by atoms with E-state index in [0.29, 0.717) is 18.8 Å². The molecule has 0 aromatic heterocycles. The molecule has 0 radical (unpaired) electrons. The van der Waals surface area contributed by atoms with E-state index in [1.165, 1.54) is 0 Å². The van der Waals surface area contributed by atoms with Crippen LogP contribution < -0.4 is 10.1 Å². The lowest BCUT2D eigenvalue weighted by molar-refractivity contribution is -0.115. The van der Waals surface area contributed by atoms with Crippen LogP contribution in [-0.2, 0) is 22.0 Å². The van der Waals surface area contributed by atoms with Gasteiger partial charge in [0, 0.05) is 16.3 Å². The van der Waals surface area contributed by atoms with Crippen LogP contribution in [0, 0.1) is 0 Å². The molecule has 1 unspecified atom stereocenters. The van der Waals surface area contributed by atoms with E-state index in [1.807, 2.05) is 48.5 Å². The molecule has 1 N–H and O–H groups in total. The van der Waals surface area contributed by atoms with Crippen molar-refractivity contribution in [3.05, 3.63) is 54.1 Å². The minimum absolute atomic E-state index is 0.0283. The predicted octanol–water partition coefficient (Wildman–Crippen LogP) is 3.15. The molecule has 1 aliphatic heterocycles. The number of hydrogen-bond acceptors (Lipinski definition) is 3. The molecule has 4 nitrogen and oxygen atoms in total. The van der Waals surface area contributed by atoms with Gasteiger partial charge < -0.3 is 10.1 Å². The van der Waals surface area contributed by atoms with Gasteiger partial charge in [0.25, 0.3) is 0 Å². The third kappa shape index (κ3) is 4.20. The molecule has 0 saturated carbocycles. The number of unbranched alkanes of at least 4 members (excludes halogenated alkanes) is 1. The van der Waals surface area contributed by atoms with Gasteiger partial charge >= 0.3 is 0 Å². The summed E-state index contributed by atoms with van der Waals surface area (Å²) in [6.07, 6.45) is 2.13. The normalized spacial score (nSPS) is 14.2. The maximum Gasteiger partial charge on any atom is 0.228 e. The van der Waals surface area contributed by atoms with Crippen molar-refractivity contribution in [3.8, 4) is 5.75 Å². The standard InChI is InChI=1S/C18H19NO3S/c20-18-13-14-12-15(8-9-17(14)19-18)22-10-4-5-11-23(21)16-6-2-1-3-7-16/h1-3,6-9,12H,4-5,10-11,13H2,(H,19,20). The number of anilines is 1. The third-order valence-corrected chi connectivity index (χ3v) is 5.16. The average molecular weight is 329 g/mol. The lowest BCUT2D eigenvalue weighted by Crippen LogP contribution is -2.03. The number of benzene rings is 2. The molecule has 1 atom stereocenters. The van der Waals surface area contributed by atoms with Gasteiger partial charge in [-0.05, 0) is 48.7 Å². The summed E-state index contributed by atoms with van der Waals surface area (Å²) in [5, 5.41) is 2.80. The second-order valence-corrected chi connectivity index (χ2v) is 7.03. The molecule has 0 aliphatic carbocycles. The molecule has 0 spiro atoms. The van der Waals surface area contributed by atoms with Gasteiger partial charge in [0.05, 0.1) is 23.8 Å². The number of ether oxygens (including phenoxy) is 1. The smallest absolute Gasteiger partial charge is 0.228 e. The molecule has 2 aromatic carbocycles. The van der Waals surface area contributed by atoms with Crippen molar-refractivity contribution in [2.24, 2.45) is 0 Å². The zero-order chi connectivity index (χ0) is 16.1. The van der Waals surface area contributed by atoms with Crippen molar-refractivity contribution in [2.75, 3.05) is 17.7 Å². The van der Waals surface area contributed by atoms with Crippen LogP contribution in [0.4, 0.5) is 5.69 Å². The topological polar surface area (TPSA) is 55.4 Å². The fraction of sp³-hybridized carbons (Fsp3) is 0.278. The third-order valence-electron chi connectivity index (χ3n) is 3.70. The Kier molecular flexibility index (Phi) is 5.08. The summed E-state index contributed by atoms with van der Waals surface area (Å²) in [5.41, 5.74) is 1.86. The van der Waals surface area contributed by atoms with Gasteiger partial charge in [-0.15, -0.1) is 0 Å². The first-order valence-corrected chi connectivity index (χ1v) is 9.03. The van der Waals surface area contributed by atoms with E-state index in [1.54, 1.807) is 0 Å². The lowest BCUT2D eigenvalue weighted by Gasteiger charge is -2.08. The molecule has 120 valence electrons. The summed E-state index contributed by atoms with van der Waals surface area (Å²) < 4.78 is 17.8. The van der Waals surface area contributed by atoms with Crippen LogP contribution in [0.3, 0.4) is 0 Å². The van der Waals surface area contributed by atoms with Crippen LogP contribution in [0.2, 0.25) is 0 Å². The molecule has 2 aromatic rings. The van der Waals surface area contributed by atoms with Crippen LogP contribution in [-0.4, -0.2) is 22.5 Å². The average Bonchev–Trinajstić information content (AvgIpc) is 2.94. The molecule has 0 fully saturated rings. The van der Waals surface area contributed by atoms with Crippen molar-refractivity contribution < 1.29 is 13.7 Å². The van der Waals surface area contributed by atoms with E-state index in [2.05, 4.69) is 5.32 Å². The molecule has 3 rings (SSSR count). The molecular formula is C18H19NO3S. The van der Waals surface area contributed by atoms with Gasteiger partial charge in [-0.2, -0.15) is 0 Å². The molecule has 23 heavy (non-hydrogen) atoms. The number of rotatable bonds is 7. The van der Waals surface area contributed by atoms with Gasteiger partial charge in [-0.25, -0.2) is 0 Å². The number of nitrogens with one attached hydrogen (secondary N) is 1. The van der Waals surface area contributed by atoms with Gasteiger partial charge in [-0.1, -0.05) is 18.2 Å². The van der Waals surface area contributed by atoms with Crippen LogP contribution in [0.5, 0.6) is 5.75 Å². The first-order chi connectivity index (χ1) is 11.2. The maximum absolute atomic E-state index is 12.1. The Morgan fingerprint density at radius 1 is 1.09 bits per heavy atom. The van der Waals surface area contributed by atoms with E-state index >= 15 is 0 Å².